The maximum atomic E-state index is 15.1. The van der Waals surface area contributed by atoms with E-state index in [1.165, 1.54) is 0 Å². The lowest BCUT2D eigenvalue weighted by molar-refractivity contribution is -0.161. The molecule has 0 aromatic heterocycles. The Morgan fingerprint density at radius 2 is 1.67 bits per heavy atom. The number of esters is 1. The largest absolute Gasteiger partial charge is 0.455 e. The summed E-state index contributed by atoms with van der Waals surface area (Å²) in [5, 5.41) is 12.3. The molecule has 3 amide bonds. The Morgan fingerprint density at radius 1 is 0.959 bits per heavy atom. The highest BCUT2D eigenvalue weighted by atomic mass is 16.6. The SMILES string of the molecule is C[C@H]1NC(=O)CC/C=C\CN(C(C)(C)CC(C)(C)C)C(=O)[C@@H]2N(CCCCCCO)C(=O)[C@H]3[C@H](C(=O)O[C@@H]1c1ccccc1)[C@@H]1C=C[C@]23O1. The van der Waals surface area contributed by atoms with Gasteiger partial charge in [0.05, 0.1) is 18.1 Å². The molecular formula is C39H55N3O7. The molecule has 0 radical (unpaired) electrons. The van der Waals surface area contributed by atoms with Crippen molar-refractivity contribution in [1.29, 1.82) is 0 Å². The maximum absolute atomic E-state index is 15.1. The molecule has 7 atom stereocenters. The van der Waals surface area contributed by atoms with E-state index in [9.17, 15) is 19.5 Å². The second-order valence-electron chi connectivity index (χ2n) is 16.0. The van der Waals surface area contributed by atoms with Crippen LogP contribution in [-0.4, -0.2) is 87.6 Å². The van der Waals surface area contributed by atoms with Crippen molar-refractivity contribution in [1.82, 2.24) is 15.1 Å². The van der Waals surface area contributed by atoms with E-state index in [1.807, 2.05) is 66.5 Å². The predicted octanol–water partition coefficient (Wildman–Crippen LogP) is 4.87. The molecule has 1 spiro atoms. The van der Waals surface area contributed by atoms with Gasteiger partial charge in [-0.15, -0.1) is 0 Å². The quantitative estimate of drug-likeness (QED) is 0.217. The normalized spacial score (nSPS) is 31.6. The fourth-order valence-corrected chi connectivity index (χ4v) is 8.60. The highest BCUT2D eigenvalue weighted by molar-refractivity contribution is 5.99. The van der Waals surface area contributed by atoms with Crippen molar-refractivity contribution in [2.45, 2.75) is 122 Å². The second kappa shape index (κ2) is 14.8. The minimum atomic E-state index is -1.32. The van der Waals surface area contributed by atoms with Gasteiger partial charge in [-0.2, -0.15) is 0 Å². The Labute approximate surface area is 291 Å². The number of likely N-dealkylation sites (tertiary alicyclic amines) is 1. The Hall–Kier alpha value is -3.50. The van der Waals surface area contributed by atoms with E-state index in [-0.39, 0.29) is 36.2 Å². The lowest BCUT2D eigenvalue weighted by Gasteiger charge is -2.45. The first-order valence-corrected chi connectivity index (χ1v) is 18.0. The number of nitrogens with one attached hydrogen (secondary N) is 1. The van der Waals surface area contributed by atoms with Crippen molar-refractivity contribution in [3.8, 4) is 0 Å². The molecule has 10 nitrogen and oxygen atoms in total. The van der Waals surface area contributed by atoms with Gasteiger partial charge in [-0.05, 0) is 57.4 Å². The van der Waals surface area contributed by atoms with E-state index in [1.54, 1.807) is 4.90 Å². The molecular weight excluding hydrogens is 622 g/mol. The van der Waals surface area contributed by atoms with E-state index in [0.29, 0.717) is 38.8 Å². The van der Waals surface area contributed by atoms with Crippen LogP contribution >= 0.6 is 0 Å². The molecule has 1 aromatic carbocycles. The lowest BCUT2D eigenvalue weighted by Crippen LogP contribution is -2.60. The average molecular weight is 678 g/mol. The van der Waals surface area contributed by atoms with Crippen LogP contribution < -0.4 is 5.32 Å². The number of ether oxygens (including phenoxy) is 2. The fraction of sp³-hybridized carbons (Fsp3) is 0.641. The summed E-state index contributed by atoms with van der Waals surface area (Å²) in [6.45, 7) is 13.1. The summed E-state index contributed by atoms with van der Waals surface area (Å²) in [6, 6.07) is 7.78. The van der Waals surface area contributed by atoms with E-state index in [0.717, 1.165) is 18.4 Å². The predicted molar refractivity (Wildman–Crippen MR) is 186 cm³/mol. The third kappa shape index (κ3) is 7.65. The van der Waals surface area contributed by atoms with Crippen molar-refractivity contribution in [2.24, 2.45) is 17.3 Å². The number of benzene rings is 1. The van der Waals surface area contributed by atoms with E-state index in [2.05, 4.69) is 39.9 Å². The molecule has 4 heterocycles. The van der Waals surface area contributed by atoms with E-state index >= 15 is 4.79 Å². The molecule has 0 unspecified atom stereocenters. The summed E-state index contributed by atoms with van der Waals surface area (Å²) in [7, 11) is 0. The van der Waals surface area contributed by atoms with Crippen LogP contribution in [0.4, 0.5) is 0 Å². The fourth-order valence-electron chi connectivity index (χ4n) is 8.60. The first-order chi connectivity index (χ1) is 23.2. The summed E-state index contributed by atoms with van der Waals surface area (Å²) in [5.74, 6) is -3.14. The number of carbonyl (C=O) groups is 4. The van der Waals surface area contributed by atoms with Crippen LogP contribution in [0.3, 0.4) is 0 Å². The minimum Gasteiger partial charge on any atom is -0.455 e. The minimum absolute atomic E-state index is 0.0964. The highest BCUT2D eigenvalue weighted by Crippen LogP contribution is 2.56. The molecule has 5 bridgehead atoms. The standard InChI is InChI=1S/C39H55N3O7/c1-26-32(27-17-11-9-12-18-27)48-36(47)30-28-20-21-39(49-28)31(30)34(45)41(22-14-7-8-16-24-43)33(39)35(46)42(38(5,6)25-37(2,3)4)23-15-10-13-19-29(44)40-26/h9-12,15,17-18,20-21,26,28,30-33,43H,7-8,13-14,16,19,22-25H2,1-6H3,(H,40,44)/b15-10-/t26-,28+,30-,31-,32+,33+,39-/m1/s1. The second-order valence-corrected chi connectivity index (χ2v) is 16.0. The molecule has 0 aliphatic carbocycles. The van der Waals surface area contributed by atoms with Gasteiger partial charge >= 0.3 is 5.97 Å². The van der Waals surface area contributed by atoms with Crippen LogP contribution in [0, 0.1) is 17.3 Å². The van der Waals surface area contributed by atoms with Gasteiger partial charge in [0, 0.05) is 31.7 Å². The number of carbonyl (C=O) groups excluding carboxylic acids is 4. The zero-order valence-electron chi connectivity index (χ0n) is 30.0. The Morgan fingerprint density at radius 3 is 2.37 bits per heavy atom. The molecule has 2 N–H and O–H groups in total. The summed E-state index contributed by atoms with van der Waals surface area (Å²) >= 11 is 0. The van der Waals surface area contributed by atoms with Crippen molar-refractivity contribution in [2.75, 3.05) is 19.7 Å². The van der Waals surface area contributed by atoms with E-state index < -0.39 is 53.2 Å². The third-order valence-corrected chi connectivity index (χ3v) is 10.4. The number of aliphatic hydroxyl groups is 1. The van der Waals surface area contributed by atoms with Crippen LogP contribution in [0.25, 0.3) is 0 Å². The Kier molecular flexibility index (Phi) is 11.1. The molecule has 5 rings (SSSR count). The van der Waals surface area contributed by atoms with Gasteiger partial charge in [-0.1, -0.05) is 88.2 Å². The molecule has 10 heteroatoms. The average Bonchev–Trinajstić information content (AvgIpc) is 3.67. The smallest absolute Gasteiger partial charge is 0.313 e. The summed E-state index contributed by atoms with van der Waals surface area (Å²) in [6.07, 6.45) is 10.3. The van der Waals surface area contributed by atoms with Gasteiger partial charge in [0.15, 0.2) is 0 Å². The Balaban J connectivity index is 1.58. The first-order valence-electron chi connectivity index (χ1n) is 18.0. The van der Waals surface area contributed by atoms with Crippen LogP contribution in [-0.2, 0) is 28.7 Å². The molecule has 49 heavy (non-hydrogen) atoms. The molecule has 4 aliphatic rings. The molecule has 2 saturated heterocycles. The van der Waals surface area contributed by atoms with Gasteiger partial charge in [0.2, 0.25) is 17.7 Å². The first kappa shape index (κ1) is 36.8. The molecule has 268 valence electrons. The van der Waals surface area contributed by atoms with Crippen molar-refractivity contribution in [3.05, 3.63) is 60.2 Å². The molecule has 1 aromatic rings. The monoisotopic (exact) mass is 677 g/mol. The van der Waals surface area contributed by atoms with Crippen LogP contribution in [0.15, 0.2) is 54.6 Å². The van der Waals surface area contributed by atoms with Gasteiger partial charge in [-0.3, -0.25) is 19.2 Å². The van der Waals surface area contributed by atoms with Gasteiger partial charge < -0.3 is 29.7 Å². The lowest BCUT2D eigenvalue weighted by atomic mass is 9.74. The van der Waals surface area contributed by atoms with Gasteiger partial charge in [0.25, 0.3) is 0 Å². The van der Waals surface area contributed by atoms with Crippen molar-refractivity contribution in [3.63, 3.8) is 0 Å². The number of unbranched alkanes of at least 4 members (excludes halogenated alkanes) is 3. The van der Waals surface area contributed by atoms with Crippen molar-refractivity contribution < 1.29 is 33.8 Å². The van der Waals surface area contributed by atoms with Gasteiger partial charge in [0.1, 0.15) is 23.7 Å². The number of amides is 3. The molecule has 4 aliphatic heterocycles. The zero-order valence-corrected chi connectivity index (χ0v) is 30.0. The van der Waals surface area contributed by atoms with E-state index in [4.69, 9.17) is 9.47 Å². The summed E-state index contributed by atoms with van der Waals surface area (Å²) in [5.41, 5.74) is -1.28. The van der Waals surface area contributed by atoms with Crippen LogP contribution in [0.2, 0.25) is 0 Å². The van der Waals surface area contributed by atoms with Crippen molar-refractivity contribution >= 4 is 23.7 Å². The number of hydrogen-bond acceptors (Lipinski definition) is 7. The maximum Gasteiger partial charge on any atom is 0.313 e. The van der Waals surface area contributed by atoms with Crippen LogP contribution in [0.1, 0.15) is 98.2 Å². The van der Waals surface area contributed by atoms with Crippen LogP contribution in [0.5, 0.6) is 0 Å². The number of nitrogens with zero attached hydrogens (tertiary/aromatic N) is 2. The molecule has 0 saturated carbocycles. The summed E-state index contributed by atoms with van der Waals surface area (Å²) in [4.78, 5) is 60.6. The number of fused-ring (bicyclic) bond motifs is 2. The number of hydrogen-bond donors (Lipinski definition) is 2. The zero-order chi connectivity index (χ0) is 35.6. The number of allylic oxidation sites excluding steroid dienone is 1. The molecule has 2 fully saturated rings. The number of cyclic esters (lactones) is 1. The number of rotatable bonds is 9. The topological polar surface area (TPSA) is 125 Å². The third-order valence-electron chi connectivity index (χ3n) is 10.4. The van der Waals surface area contributed by atoms with Gasteiger partial charge in [-0.25, -0.2) is 0 Å². The number of aliphatic hydroxyl groups excluding tert-OH is 1. The highest BCUT2D eigenvalue weighted by Gasteiger charge is 2.73. The summed E-state index contributed by atoms with van der Waals surface area (Å²) < 4.78 is 12.9. The Bertz CT molecular complexity index is 1430.